The van der Waals surface area contributed by atoms with Gasteiger partial charge in [0.2, 0.25) is 5.91 Å². The third kappa shape index (κ3) is 4.23. The molecule has 4 rings (SSSR count). The van der Waals surface area contributed by atoms with Crippen LogP contribution in [0.4, 0.5) is 23.8 Å². The number of alkyl carbamates (subject to hydrolysis) is 1. The molecule has 0 spiro atoms. The topological polar surface area (TPSA) is 96.5 Å². The maximum atomic E-state index is 13.0. The van der Waals surface area contributed by atoms with E-state index in [0.29, 0.717) is 37.4 Å². The van der Waals surface area contributed by atoms with Crippen molar-refractivity contribution < 1.29 is 27.5 Å². The highest BCUT2D eigenvalue weighted by Gasteiger charge is 2.62. The third-order valence-corrected chi connectivity index (χ3v) is 5.83. The molecule has 11 heteroatoms. The van der Waals surface area contributed by atoms with E-state index in [2.05, 4.69) is 20.6 Å². The Morgan fingerprint density at radius 3 is 2.62 bits per heavy atom. The van der Waals surface area contributed by atoms with E-state index in [1.807, 2.05) is 0 Å². The number of halogens is 3. The minimum atomic E-state index is -4.20. The van der Waals surface area contributed by atoms with Crippen molar-refractivity contribution in [3.63, 3.8) is 0 Å². The van der Waals surface area contributed by atoms with Crippen LogP contribution >= 0.6 is 0 Å². The van der Waals surface area contributed by atoms with Crippen LogP contribution in [0.5, 0.6) is 0 Å². The standard InChI is InChI=1S/C18H22F3N5O3/c19-18(20,21)17(3-4-17)10-24-14-6-22-13(5-23-14)11-7-26(8-11)15(27)2-1-12-9-29-16(28)25-12/h5-6,11-12H,1-4,7-10H2,(H,23,24)(H,25,28)/t12-/m1/s1. The Hall–Kier alpha value is -2.59. The SMILES string of the molecule is O=C1N[C@H](CCC(=O)N2CC(c3cnc(NCC4(C(F)(F)F)CC4)cn3)C2)CO1. The first-order valence-electron chi connectivity index (χ1n) is 9.59. The molecule has 3 heterocycles. The summed E-state index contributed by atoms with van der Waals surface area (Å²) in [4.78, 5) is 33.3. The van der Waals surface area contributed by atoms with Crippen LogP contribution in [0.3, 0.4) is 0 Å². The molecule has 0 unspecified atom stereocenters. The molecule has 3 fully saturated rings. The van der Waals surface area contributed by atoms with E-state index < -0.39 is 17.7 Å². The second-order valence-corrected chi connectivity index (χ2v) is 7.93. The summed E-state index contributed by atoms with van der Waals surface area (Å²) >= 11 is 0. The third-order valence-electron chi connectivity index (χ3n) is 5.83. The number of cyclic esters (lactones) is 1. The van der Waals surface area contributed by atoms with Gasteiger partial charge < -0.3 is 20.3 Å². The Balaban J connectivity index is 1.20. The molecule has 158 valence electrons. The van der Waals surface area contributed by atoms with E-state index in [0.717, 1.165) is 0 Å². The minimum Gasteiger partial charge on any atom is -0.447 e. The molecule has 29 heavy (non-hydrogen) atoms. The van der Waals surface area contributed by atoms with Gasteiger partial charge in [0.15, 0.2) is 0 Å². The van der Waals surface area contributed by atoms with Gasteiger partial charge in [-0.05, 0) is 19.3 Å². The van der Waals surface area contributed by atoms with Crippen molar-refractivity contribution in [2.75, 3.05) is 31.6 Å². The maximum absolute atomic E-state index is 13.0. The van der Waals surface area contributed by atoms with E-state index in [1.54, 1.807) is 11.1 Å². The minimum absolute atomic E-state index is 0.00975. The Morgan fingerprint density at radius 2 is 2.07 bits per heavy atom. The van der Waals surface area contributed by atoms with Gasteiger partial charge in [-0.25, -0.2) is 9.78 Å². The summed E-state index contributed by atoms with van der Waals surface area (Å²) in [5.74, 6) is 0.396. The van der Waals surface area contributed by atoms with E-state index in [9.17, 15) is 22.8 Å². The summed E-state index contributed by atoms with van der Waals surface area (Å²) in [5.41, 5.74) is -0.914. The number of carbonyl (C=O) groups is 2. The summed E-state index contributed by atoms with van der Waals surface area (Å²) in [6.45, 7) is 1.16. The number of alkyl halides is 3. The quantitative estimate of drug-likeness (QED) is 0.710. The van der Waals surface area contributed by atoms with E-state index in [1.165, 1.54) is 6.20 Å². The molecule has 2 aliphatic heterocycles. The van der Waals surface area contributed by atoms with Crippen LogP contribution < -0.4 is 10.6 Å². The number of hydrogen-bond donors (Lipinski definition) is 2. The zero-order valence-electron chi connectivity index (χ0n) is 15.7. The Bertz CT molecular complexity index is 776. The summed E-state index contributed by atoms with van der Waals surface area (Å²) in [6, 6.07) is -0.124. The van der Waals surface area contributed by atoms with Crippen molar-refractivity contribution in [1.82, 2.24) is 20.2 Å². The molecule has 1 aromatic rings. The van der Waals surface area contributed by atoms with Gasteiger partial charge in [-0.15, -0.1) is 0 Å². The van der Waals surface area contributed by atoms with Gasteiger partial charge in [0.05, 0.1) is 29.5 Å². The predicted octanol–water partition coefficient (Wildman–Crippen LogP) is 2.05. The van der Waals surface area contributed by atoms with Crippen molar-refractivity contribution in [3.8, 4) is 0 Å². The molecule has 1 atom stereocenters. The van der Waals surface area contributed by atoms with E-state index in [-0.39, 0.29) is 43.9 Å². The smallest absolute Gasteiger partial charge is 0.407 e. The van der Waals surface area contributed by atoms with Crippen LogP contribution in [0.2, 0.25) is 0 Å². The van der Waals surface area contributed by atoms with Crippen LogP contribution in [0.1, 0.15) is 37.3 Å². The molecule has 8 nitrogen and oxygen atoms in total. The normalized spacial score (nSPS) is 23.2. The number of likely N-dealkylation sites (tertiary alicyclic amines) is 1. The Labute approximate surface area is 165 Å². The van der Waals surface area contributed by atoms with Crippen molar-refractivity contribution in [3.05, 3.63) is 18.1 Å². The predicted molar refractivity (Wildman–Crippen MR) is 95.1 cm³/mol. The molecule has 1 aliphatic carbocycles. The number of hydrogen-bond acceptors (Lipinski definition) is 6. The van der Waals surface area contributed by atoms with Crippen LogP contribution in [-0.2, 0) is 9.53 Å². The Morgan fingerprint density at radius 1 is 1.31 bits per heavy atom. The maximum Gasteiger partial charge on any atom is 0.407 e. The molecule has 1 aromatic heterocycles. The highest BCUT2D eigenvalue weighted by atomic mass is 19.4. The number of nitrogens with one attached hydrogen (secondary N) is 2. The first kappa shape index (κ1) is 19.7. The van der Waals surface area contributed by atoms with Crippen molar-refractivity contribution in [2.24, 2.45) is 5.41 Å². The van der Waals surface area contributed by atoms with Gasteiger partial charge in [-0.2, -0.15) is 13.2 Å². The fraction of sp³-hybridized carbons (Fsp3) is 0.667. The number of anilines is 1. The number of ether oxygens (including phenoxy) is 1. The molecule has 2 amide bonds. The molecule has 0 radical (unpaired) electrons. The van der Waals surface area contributed by atoms with Crippen LogP contribution in [0, 0.1) is 5.41 Å². The molecule has 2 N–H and O–H groups in total. The summed E-state index contributed by atoms with van der Waals surface area (Å²) < 4.78 is 43.6. The molecular formula is C18H22F3N5O3. The van der Waals surface area contributed by atoms with Gasteiger partial charge >= 0.3 is 12.3 Å². The second-order valence-electron chi connectivity index (χ2n) is 7.93. The zero-order chi connectivity index (χ0) is 20.6. The summed E-state index contributed by atoms with van der Waals surface area (Å²) in [6.07, 6.45) is -0.522. The molecule has 0 aromatic carbocycles. The van der Waals surface area contributed by atoms with Crippen LogP contribution in [-0.4, -0.2) is 65.3 Å². The summed E-state index contributed by atoms with van der Waals surface area (Å²) in [7, 11) is 0. The molecular weight excluding hydrogens is 391 g/mol. The first-order chi connectivity index (χ1) is 13.8. The first-order valence-corrected chi connectivity index (χ1v) is 9.59. The average molecular weight is 413 g/mol. The van der Waals surface area contributed by atoms with Crippen molar-refractivity contribution in [2.45, 2.75) is 43.8 Å². The monoisotopic (exact) mass is 413 g/mol. The number of carbonyl (C=O) groups excluding carboxylic acids is 2. The van der Waals surface area contributed by atoms with Crippen LogP contribution in [0.25, 0.3) is 0 Å². The lowest BCUT2D eigenvalue weighted by atomic mass is 9.96. The molecule has 3 aliphatic rings. The number of aromatic nitrogens is 2. The molecule has 2 saturated heterocycles. The molecule has 0 bridgehead atoms. The van der Waals surface area contributed by atoms with Gasteiger partial charge in [0.1, 0.15) is 12.4 Å². The Kier molecular flexibility index (Phi) is 4.99. The lowest BCUT2D eigenvalue weighted by Crippen LogP contribution is -2.49. The zero-order valence-corrected chi connectivity index (χ0v) is 15.7. The van der Waals surface area contributed by atoms with Crippen LogP contribution in [0.15, 0.2) is 12.4 Å². The lowest BCUT2D eigenvalue weighted by Gasteiger charge is -2.39. The second kappa shape index (κ2) is 7.34. The van der Waals surface area contributed by atoms with Gasteiger partial charge in [0.25, 0.3) is 0 Å². The average Bonchev–Trinajstić information content (AvgIpc) is 3.33. The van der Waals surface area contributed by atoms with Gasteiger partial charge in [-0.1, -0.05) is 0 Å². The number of amides is 2. The van der Waals surface area contributed by atoms with Crippen molar-refractivity contribution >= 4 is 17.8 Å². The summed E-state index contributed by atoms with van der Waals surface area (Å²) in [5, 5.41) is 5.37. The fourth-order valence-electron chi connectivity index (χ4n) is 3.52. The number of rotatable bonds is 7. The van der Waals surface area contributed by atoms with E-state index in [4.69, 9.17) is 4.74 Å². The fourth-order valence-corrected chi connectivity index (χ4v) is 3.52. The number of nitrogens with zero attached hydrogens (tertiary/aromatic N) is 3. The van der Waals surface area contributed by atoms with Crippen molar-refractivity contribution in [1.29, 1.82) is 0 Å². The van der Waals surface area contributed by atoms with Gasteiger partial charge in [0, 0.05) is 32.0 Å². The highest BCUT2D eigenvalue weighted by molar-refractivity contribution is 5.77. The lowest BCUT2D eigenvalue weighted by molar-refractivity contribution is -0.182. The largest absolute Gasteiger partial charge is 0.447 e. The van der Waals surface area contributed by atoms with E-state index >= 15 is 0 Å². The van der Waals surface area contributed by atoms with Gasteiger partial charge in [-0.3, -0.25) is 9.78 Å². The highest BCUT2D eigenvalue weighted by Crippen LogP contribution is 2.57. The molecule has 1 saturated carbocycles.